The number of nitrogens with one attached hydrogen (secondary N) is 1. The van der Waals surface area contributed by atoms with Gasteiger partial charge in [-0.1, -0.05) is 61.2 Å². The van der Waals surface area contributed by atoms with Crippen LogP contribution in [0.1, 0.15) is 69.5 Å². The van der Waals surface area contributed by atoms with E-state index in [0.29, 0.717) is 33.9 Å². The minimum atomic E-state index is -0.242. The molecular formula is C27H26N2O3. The van der Waals surface area contributed by atoms with Crippen molar-refractivity contribution in [1.82, 2.24) is 0 Å². The van der Waals surface area contributed by atoms with Gasteiger partial charge in [-0.15, -0.1) is 0 Å². The minimum absolute atomic E-state index is 0.179. The van der Waals surface area contributed by atoms with E-state index in [9.17, 15) is 9.59 Å². The summed E-state index contributed by atoms with van der Waals surface area (Å²) in [6.45, 7) is 2.00. The Hall–Kier alpha value is -3.60. The molecule has 162 valence electrons. The van der Waals surface area contributed by atoms with Crippen LogP contribution in [0, 0.1) is 6.92 Å². The van der Waals surface area contributed by atoms with Gasteiger partial charge in [0.2, 0.25) is 0 Å². The van der Waals surface area contributed by atoms with Crippen molar-refractivity contribution in [3.8, 4) is 11.5 Å². The lowest BCUT2D eigenvalue weighted by Crippen LogP contribution is -2.28. The summed E-state index contributed by atoms with van der Waals surface area (Å²) >= 11 is 0. The Kier molecular flexibility index (Phi) is 5.17. The van der Waals surface area contributed by atoms with E-state index in [1.54, 1.807) is 30.3 Å². The first-order valence-electron chi connectivity index (χ1n) is 11.2. The molecule has 0 spiro atoms. The number of ether oxygens (including phenoxy) is 1. The fourth-order valence-electron chi connectivity index (χ4n) is 4.69. The largest absolute Gasteiger partial charge is 0.455 e. The highest BCUT2D eigenvalue weighted by molar-refractivity contribution is 6.32. The van der Waals surface area contributed by atoms with Crippen LogP contribution in [-0.4, -0.2) is 17.6 Å². The Bertz CT molecular complexity index is 1210. The molecule has 3 aromatic rings. The van der Waals surface area contributed by atoms with Gasteiger partial charge >= 0.3 is 0 Å². The highest BCUT2D eigenvalue weighted by Crippen LogP contribution is 2.42. The van der Waals surface area contributed by atoms with Gasteiger partial charge in [-0.05, 0) is 31.9 Å². The number of nitrogens with two attached hydrogens (primary N) is 1. The molecule has 0 radical (unpaired) electrons. The molecule has 0 saturated heterocycles. The van der Waals surface area contributed by atoms with Gasteiger partial charge in [-0.2, -0.15) is 0 Å². The zero-order valence-electron chi connectivity index (χ0n) is 18.1. The van der Waals surface area contributed by atoms with E-state index in [4.69, 9.17) is 10.5 Å². The number of fused-ring (bicyclic) bond motifs is 2. The molecule has 1 saturated carbocycles. The van der Waals surface area contributed by atoms with Crippen LogP contribution in [0.15, 0.2) is 54.6 Å². The monoisotopic (exact) mass is 426 g/mol. The van der Waals surface area contributed by atoms with E-state index in [1.165, 1.54) is 6.42 Å². The maximum absolute atomic E-state index is 13.5. The second-order valence-electron chi connectivity index (χ2n) is 8.68. The zero-order chi connectivity index (χ0) is 22.2. The van der Waals surface area contributed by atoms with Gasteiger partial charge in [0, 0.05) is 23.2 Å². The van der Waals surface area contributed by atoms with Crippen molar-refractivity contribution in [2.75, 3.05) is 11.1 Å². The Morgan fingerprint density at radius 1 is 0.875 bits per heavy atom. The van der Waals surface area contributed by atoms with Gasteiger partial charge in [0.15, 0.2) is 17.3 Å². The topological polar surface area (TPSA) is 81.4 Å². The smallest absolute Gasteiger partial charge is 0.196 e. The number of hydrogen-bond acceptors (Lipinski definition) is 5. The van der Waals surface area contributed by atoms with E-state index in [-0.39, 0.29) is 28.9 Å². The number of carbonyl (C=O) groups is 2. The van der Waals surface area contributed by atoms with Crippen LogP contribution >= 0.6 is 0 Å². The second-order valence-corrected chi connectivity index (χ2v) is 8.68. The van der Waals surface area contributed by atoms with Crippen LogP contribution < -0.4 is 15.8 Å². The van der Waals surface area contributed by atoms with Crippen molar-refractivity contribution >= 4 is 22.9 Å². The van der Waals surface area contributed by atoms with Gasteiger partial charge in [0.05, 0.1) is 22.5 Å². The summed E-state index contributed by atoms with van der Waals surface area (Å²) in [5.74, 6) is 0.586. The summed E-state index contributed by atoms with van der Waals surface area (Å²) in [6, 6.07) is 16.6. The van der Waals surface area contributed by atoms with E-state index in [0.717, 1.165) is 31.2 Å². The number of aryl methyl sites for hydroxylation is 1. The summed E-state index contributed by atoms with van der Waals surface area (Å²) in [6.07, 6.45) is 5.59. The lowest BCUT2D eigenvalue weighted by Gasteiger charge is -2.28. The minimum Gasteiger partial charge on any atom is -0.455 e. The molecule has 5 rings (SSSR count). The third kappa shape index (κ3) is 3.54. The van der Waals surface area contributed by atoms with Gasteiger partial charge in [-0.3, -0.25) is 9.59 Å². The highest BCUT2D eigenvalue weighted by atomic mass is 16.5. The van der Waals surface area contributed by atoms with Crippen LogP contribution in [0.2, 0.25) is 0 Å². The predicted molar refractivity (Wildman–Crippen MR) is 126 cm³/mol. The average molecular weight is 427 g/mol. The standard InChI is InChI=1S/C27H26N2O3/c1-16-11-13-18(14-12-16)32-22-15-21(29-17-7-3-2-4-8-17)23-24(25(22)28)27(31)20-10-6-5-9-19(20)26(23)30/h5-6,9-15,17,29H,2-4,7-8,28H2,1H3. The molecule has 3 N–H and O–H groups in total. The molecule has 1 fully saturated rings. The summed E-state index contributed by atoms with van der Waals surface area (Å²) in [4.78, 5) is 26.9. The van der Waals surface area contributed by atoms with Crippen LogP contribution in [-0.2, 0) is 0 Å². The number of rotatable bonds is 4. The fourth-order valence-corrected chi connectivity index (χ4v) is 4.69. The SMILES string of the molecule is Cc1ccc(Oc2cc(NC3CCCCC3)c3c(c2N)C(=O)c2ccccc2C3=O)cc1. The Morgan fingerprint density at radius 2 is 1.50 bits per heavy atom. The molecule has 3 aromatic carbocycles. The predicted octanol–water partition coefficient (Wildman–Crippen LogP) is 5.89. The van der Waals surface area contributed by atoms with E-state index >= 15 is 0 Å². The summed E-state index contributed by atoms with van der Waals surface area (Å²) in [5.41, 5.74) is 9.79. The first-order chi connectivity index (χ1) is 15.5. The summed E-state index contributed by atoms with van der Waals surface area (Å²) < 4.78 is 6.10. The molecule has 0 bridgehead atoms. The number of hydrogen-bond donors (Lipinski definition) is 2. The third-order valence-electron chi connectivity index (χ3n) is 6.41. The Balaban J connectivity index is 1.64. The van der Waals surface area contributed by atoms with Crippen LogP contribution in [0.3, 0.4) is 0 Å². The maximum atomic E-state index is 13.5. The van der Waals surface area contributed by atoms with Crippen molar-refractivity contribution in [3.05, 3.63) is 82.4 Å². The molecule has 32 heavy (non-hydrogen) atoms. The van der Waals surface area contributed by atoms with Crippen molar-refractivity contribution in [1.29, 1.82) is 0 Å². The second kappa shape index (κ2) is 8.15. The van der Waals surface area contributed by atoms with Crippen molar-refractivity contribution in [2.45, 2.75) is 45.1 Å². The quantitative estimate of drug-likeness (QED) is 0.398. The van der Waals surface area contributed by atoms with Crippen LogP contribution in [0.4, 0.5) is 11.4 Å². The first-order valence-corrected chi connectivity index (χ1v) is 11.2. The molecule has 2 aliphatic rings. The molecule has 0 atom stereocenters. The summed E-state index contributed by atoms with van der Waals surface area (Å²) in [7, 11) is 0. The normalized spacial score (nSPS) is 15.8. The fraction of sp³-hybridized carbons (Fsp3) is 0.259. The zero-order valence-corrected chi connectivity index (χ0v) is 18.1. The lowest BCUT2D eigenvalue weighted by molar-refractivity contribution is 0.0980. The van der Waals surface area contributed by atoms with Gasteiger partial charge in [0.1, 0.15) is 5.75 Å². The Morgan fingerprint density at radius 3 is 2.16 bits per heavy atom. The number of anilines is 2. The molecule has 2 aliphatic carbocycles. The van der Waals surface area contributed by atoms with Crippen molar-refractivity contribution in [3.63, 3.8) is 0 Å². The van der Waals surface area contributed by atoms with E-state index in [2.05, 4.69) is 5.32 Å². The average Bonchev–Trinajstić information content (AvgIpc) is 2.81. The van der Waals surface area contributed by atoms with Gasteiger partial charge in [0.25, 0.3) is 0 Å². The number of benzene rings is 3. The van der Waals surface area contributed by atoms with Gasteiger partial charge in [-0.25, -0.2) is 0 Å². The van der Waals surface area contributed by atoms with E-state index in [1.807, 2.05) is 31.2 Å². The number of carbonyl (C=O) groups excluding carboxylic acids is 2. The third-order valence-corrected chi connectivity index (χ3v) is 6.41. The summed E-state index contributed by atoms with van der Waals surface area (Å²) in [5, 5.41) is 3.54. The lowest BCUT2D eigenvalue weighted by atomic mass is 9.81. The van der Waals surface area contributed by atoms with Crippen LogP contribution in [0.25, 0.3) is 0 Å². The Labute approximate surface area is 187 Å². The van der Waals surface area contributed by atoms with Crippen molar-refractivity contribution < 1.29 is 14.3 Å². The molecular weight excluding hydrogens is 400 g/mol. The molecule has 0 aliphatic heterocycles. The molecule has 0 amide bonds. The molecule has 0 aromatic heterocycles. The van der Waals surface area contributed by atoms with Crippen molar-refractivity contribution in [2.24, 2.45) is 0 Å². The number of ketones is 2. The maximum Gasteiger partial charge on any atom is 0.196 e. The molecule has 0 heterocycles. The van der Waals surface area contributed by atoms with E-state index < -0.39 is 0 Å². The first kappa shape index (κ1) is 20.3. The number of nitrogen functional groups attached to an aromatic ring is 1. The van der Waals surface area contributed by atoms with Gasteiger partial charge < -0.3 is 15.8 Å². The molecule has 5 heteroatoms. The highest BCUT2D eigenvalue weighted by Gasteiger charge is 2.35. The molecule has 0 unspecified atom stereocenters. The molecule has 5 nitrogen and oxygen atoms in total. The van der Waals surface area contributed by atoms with Crippen LogP contribution in [0.5, 0.6) is 11.5 Å².